The van der Waals surface area contributed by atoms with Gasteiger partial charge in [-0.2, -0.15) is 0 Å². The van der Waals surface area contributed by atoms with Crippen LogP contribution in [-0.2, 0) is 9.53 Å². The van der Waals surface area contributed by atoms with E-state index in [1.54, 1.807) is 0 Å². The molecule has 0 aliphatic heterocycles. The van der Waals surface area contributed by atoms with Gasteiger partial charge in [0, 0.05) is 0 Å². The van der Waals surface area contributed by atoms with E-state index in [-0.39, 0.29) is 5.57 Å². The zero-order valence-corrected chi connectivity index (χ0v) is 23.2. The number of ether oxygens (including phenoxy) is 1. The molecule has 0 atom stereocenters. The maximum Gasteiger partial charge on any atom is 0.336 e. The highest BCUT2D eigenvalue weighted by Crippen LogP contribution is 2.16. The highest BCUT2D eigenvalue weighted by Gasteiger charge is 2.11. The molecule has 0 heterocycles. The summed E-state index contributed by atoms with van der Waals surface area (Å²) in [4.78, 5) is 12.0. The molecule has 0 saturated carbocycles. The van der Waals surface area contributed by atoms with Crippen LogP contribution in [-0.4, -0.2) is 12.6 Å². The lowest BCUT2D eigenvalue weighted by molar-refractivity contribution is -0.139. The van der Waals surface area contributed by atoms with E-state index >= 15 is 0 Å². The number of hydrogen-bond donors (Lipinski definition) is 0. The molecule has 3 heteroatoms. The standard InChI is InChI=1S/C31H59FO2/c1-3-5-7-9-11-13-14-15-16-17-18-19-20-22-24-26-28-34-31(33)30(29-32)27-25-23-21-12-10-8-6-4-2/h29H,3-28H2,1-2H3. The van der Waals surface area contributed by atoms with Gasteiger partial charge in [-0.1, -0.05) is 155 Å². The molecule has 0 unspecified atom stereocenters. The number of rotatable bonds is 27. The molecule has 0 aliphatic carbocycles. The number of esters is 1. The molecule has 0 bridgehead atoms. The van der Waals surface area contributed by atoms with Crippen LogP contribution in [0.5, 0.6) is 0 Å². The third kappa shape index (κ3) is 24.3. The van der Waals surface area contributed by atoms with Crippen molar-refractivity contribution in [3.05, 3.63) is 11.9 Å². The zero-order valence-electron chi connectivity index (χ0n) is 23.2. The van der Waals surface area contributed by atoms with Gasteiger partial charge in [-0.15, -0.1) is 0 Å². The summed E-state index contributed by atoms with van der Waals surface area (Å²) in [7, 11) is 0. The van der Waals surface area contributed by atoms with Crippen LogP contribution in [0.1, 0.15) is 174 Å². The third-order valence-corrected chi connectivity index (χ3v) is 6.92. The van der Waals surface area contributed by atoms with Crippen LogP contribution in [0.3, 0.4) is 0 Å². The summed E-state index contributed by atoms with van der Waals surface area (Å²) in [5, 5.41) is 0. The summed E-state index contributed by atoms with van der Waals surface area (Å²) >= 11 is 0. The van der Waals surface area contributed by atoms with Gasteiger partial charge in [0.15, 0.2) is 0 Å². The Hall–Kier alpha value is -0.860. The van der Waals surface area contributed by atoms with Crippen LogP contribution in [0.25, 0.3) is 0 Å². The molecule has 0 amide bonds. The van der Waals surface area contributed by atoms with Crippen LogP contribution >= 0.6 is 0 Å². The van der Waals surface area contributed by atoms with E-state index in [9.17, 15) is 9.18 Å². The van der Waals surface area contributed by atoms with E-state index in [1.807, 2.05) is 0 Å². The highest BCUT2D eigenvalue weighted by atomic mass is 19.1. The molecule has 0 aromatic heterocycles. The fourth-order valence-electron chi connectivity index (χ4n) is 4.56. The van der Waals surface area contributed by atoms with Crippen molar-refractivity contribution in [2.75, 3.05) is 6.61 Å². The van der Waals surface area contributed by atoms with Gasteiger partial charge in [-0.05, 0) is 19.3 Å². The normalized spacial score (nSPS) is 11.8. The number of hydrogen-bond acceptors (Lipinski definition) is 2. The molecule has 0 rings (SSSR count). The van der Waals surface area contributed by atoms with Crippen molar-refractivity contribution in [2.45, 2.75) is 174 Å². The van der Waals surface area contributed by atoms with Gasteiger partial charge in [0.1, 0.15) is 0 Å². The van der Waals surface area contributed by atoms with E-state index in [2.05, 4.69) is 13.8 Å². The predicted molar refractivity (Wildman–Crippen MR) is 147 cm³/mol. The van der Waals surface area contributed by atoms with Crippen LogP contribution in [0.4, 0.5) is 4.39 Å². The molecule has 0 aromatic rings. The van der Waals surface area contributed by atoms with Crippen molar-refractivity contribution < 1.29 is 13.9 Å². The largest absolute Gasteiger partial charge is 0.462 e. The van der Waals surface area contributed by atoms with E-state index in [4.69, 9.17) is 4.74 Å². The predicted octanol–water partition coefficient (Wildman–Crippen LogP) is 11.2. The molecule has 0 aliphatic rings. The maximum atomic E-state index is 13.1. The van der Waals surface area contributed by atoms with Gasteiger partial charge in [0.25, 0.3) is 0 Å². The Bertz CT molecular complexity index is 447. The van der Waals surface area contributed by atoms with Gasteiger partial charge in [-0.3, -0.25) is 0 Å². The van der Waals surface area contributed by atoms with Crippen LogP contribution in [0, 0.1) is 0 Å². The zero-order chi connectivity index (χ0) is 25.0. The van der Waals surface area contributed by atoms with E-state index in [0.717, 1.165) is 25.7 Å². The molecule has 202 valence electrons. The number of halogens is 1. The maximum absolute atomic E-state index is 13.1. The summed E-state index contributed by atoms with van der Waals surface area (Å²) in [5.74, 6) is -0.452. The number of unbranched alkanes of at least 4 members (excludes halogenated alkanes) is 22. The highest BCUT2D eigenvalue weighted by molar-refractivity contribution is 5.88. The third-order valence-electron chi connectivity index (χ3n) is 6.92. The lowest BCUT2D eigenvalue weighted by atomic mass is 10.0. The molecular formula is C31H59FO2. The molecule has 0 saturated heterocycles. The first-order chi connectivity index (χ1) is 16.8. The molecule has 2 nitrogen and oxygen atoms in total. The summed E-state index contributed by atoms with van der Waals surface area (Å²) in [5.41, 5.74) is 0.211. The Labute approximate surface area is 212 Å². The summed E-state index contributed by atoms with van der Waals surface area (Å²) < 4.78 is 18.4. The van der Waals surface area contributed by atoms with Crippen molar-refractivity contribution in [2.24, 2.45) is 0 Å². The quantitative estimate of drug-likeness (QED) is 0.0661. The van der Waals surface area contributed by atoms with Crippen LogP contribution in [0.2, 0.25) is 0 Å². The molecule has 0 fully saturated rings. The fourth-order valence-corrected chi connectivity index (χ4v) is 4.56. The second-order valence-electron chi connectivity index (χ2n) is 10.3. The fraction of sp³-hybridized carbons (Fsp3) is 0.903. The van der Waals surface area contributed by atoms with Gasteiger partial charge < -0.3 is 4.74 Å². The minimum Gasteiger partial charge on any atom is -0.462 e. The second-order valence-corrected chi connectivity index (χ2v) is 10.3. The molecule has 0 aromatic carbocycles. The van der Waals surface area contributed by atoms with Crippen LogP contribution in [0.15, 0.2) is 11.9 Å². The Morgan fingerprint density at radius 2 is 0.853 bits per heavy atom. The second kappa shape index (κ2) is 28.4. The smallest absolute Gasteiger partial charge is 0.336 e. The van der Waals surface area contributed by atoms with E-state index in [1.165, 1.54) is 128 Å². The Balaban J connectivity index is 3.39. The van der Waals surface area contributed by atoms with Crippen molar-refractivity contribution in [3.8, 4) is 0 Å². The van der Waals surface area contributed by atoms with Gasteiger partial charge in [0.2, 0.25) is 0 Å². The summed E-state index contributed by atoms with van der Waals surface area (Å²) in [6.07, 6.45) is 31.7. The topological polar surface area (TPSA) is 26.3 Å². The molecule has 0 N–H and O–H groups in total. The van der Waals surface area contributed by atoms with Crippen molar-refractivity contribution in [1.29, 1.82) is 0 Å². The average molecular weight is 483 g/mol. The molecule has 0 spiro atoms. The first kappa shape index (κ1) is 33.1. The Kier molecular flexibility index (Phi) is 27.7. The minimum atomic E-state index is -0.452. The van der Waals surface area contributed by atoms with Crippen molar-refractivity contribution in [1.82, 2.24) is 0 Å². The summed E-state index contributed by atoms with van der Waals surface area (Å²) in [6.45, 7) is 4.93. The van der Waals surface area contributed by atoms with Gasteiger partial charge in [0.05, 0.1) is 18.5 Å². The van der Waals surface area contributed by atoms with E-state index in [0.29, 0.717) is 19.4 Å². The first-order valence-electron chi connectivity index (χ1n) is 15.2. The van der Waals surface area contributed by atoms with Crippen LogP contribution < -0.4 is 0 Å². The van der Waals surface area contributed by atoms with E-state index < -0.39 is 5.97 Å². The molecule has 0 radical (unpaired) electrons. The van der Waals surface area contributed by atoms with Gasteiger partial charge in [-0.25, -0.2) is 9.18 Å². The monoisotopic (exact) mass is 482 g/mol. The Morgan fingerprint density at radius 1 is 0.529 bits per heavy atom. The number of carbonyl (C=O) groups is 1. The van der Waals surface area contributed by atoms with Crippen molar-refractivity contribution in [3.63, 3.8) is 0 Å². The Morgan fingerprint density at radius 3 is 1.21 bits per heavy atom. The lowest BCUT2D eigenvalue weighted by Gasteiger charge is -2.08. The first-order valence-corrected chi connectivity index (χ1v) is 15.2. The lowest BCUT2D eigenvalue weighted by Crippen LogP contribution is -2.09. The van der Waals surface area contributed by atoms with Crippen molar-refractivity contribution >= 4 is 5.97 Å². The average Bonchev–Trinajstić information content (AvgIpc) is 2.85. The number of carbonyl (C=O) groups excluding carboxylic acids is 1. The summed E-state index contributed by atoms with van der Waals surface area (Å²) in [6, 6.07) is 0. The minimum absolute atomic E-state index is 0.211. The molecular weight excluding hydrogens is 423 g/mol. The molecule has 34 heavy (non-hydrogen) atoms. The SMILES string of the molecule is CCCCCCCCCCCCCCCCCCOC(=O)C(=CF)CCCCCCCCCC. The van der Waals surface area contributed by atoms with Gasteiger partial charge >= 0.3 is 5.97 Å².